The molecule has 16 heteroatoms. The van der Waals surface area contributed by atoms with Gasteiger partial charge in [-0.05, 0) is 95.5 Å². The van der Waals surface area contributed by atoms with Crippen LogP contribution in [0.25, 0.3) is 0 Å². The Morgan fingerprint density at radius 3 is 2.02 bits per heavy atom. The Labute approximate surface area is 366 Å². The molecule has 13 atom stereocenters. The Hall–Kier alpha value is -4.28. The second-order valence-electron chi connectivity index (χ2n) is 17.3. The zero-order chi connectivity index (χ0) is 46.1. The molecule has 16 nitrogen and oxygen atoms in total. The van der Waals surface area contributed by atoms with Gasteiger partial charge in [0.15, 0.2) is 6.10 Å². The molecule has 2 aliphatic heterocycles. The average molecular weight is 876 g/mol. The van der Waals surface area contributed by atoms with Crippen LogP contribution in [-0.2, 0) is 71.5 Å². The number of nitrogens with zero attached hydrogens (tertiary/aromatic N) is 1. The number of carbonyl (C=O) groups is 8. The minimum Gasteiger partial charge on any atom is -0.464 e. The molecule has 0 aromatic rings. The number of hydrogen-bond acceptors (Lipinski definition) is 15. The van der Waals surface area contributed by atoms with E-state index in [1.807, 2.05) is 32.9 Å². The number of cyclic esters (lactones) is 1. The molecule has 0 aromatic heterocycles. The van der Waals surface area contributed by atoms with Crippen molar-refractivity contribution in [2.24, 2.45) is 29.6 Å². The first kappa shape index (κ1) is 52.1. The zero-order valence-corrected chi connectivity index (χ0v) is 37.9. The van der Waals surface area contributed by atoms with E-state index in [0.29, 0.717) is 63.4 Å². The van der Waals surface area contributed by atoms with Gasteiger partial charge < -0.3 is 38.1 Å². The molecular formula is C46H69NO15. The van der Waals surface area contributed by atoms with Crippen LogP contribution in [-0.4, -0.2) is 130 Å². The fourth-order valence-electron chi connectivity index (χ4n) is 9.44. The van der Waals surface area contributed by atoms with E-state index in [-0.39, 0.29) is 62.5 Å². The Kier molecular flexibility index (Phi) is 21.6. The van der Waals surface area contributed by atoms with E-state index in [2.05, 4.69) is 0 Å². The van der Waals surface area contributed by atoms with Gasteiger partial charge in [0.2, 0.25) is 5.78 Å². The lowest BCUT2D eigenvalue weighted by molar-refractivity contribution is -0.167. The summed E-state index contributed by atoms with van der Waals surface area (Å²) in [6.45, 7) is 11.8. The van der Waals surface area contributed by atoms with E-state index in [1.54, 1.807) is 13.8 Å². The topological polar surface area (TPSA) is 204 Å². The number of piperidine rings is 1. The number of Topliss-reactive ketones (excluding diaryl/α,β-unsaturated/α-hetero) is 3. The van der Waals surface area contributed by atoms with Crippen LogP contribution in [0, 0.1) is 29.6 Å². The fourth-order valence-corrected chi connectivity index (χ4v) is 9.44. The number of carbonyl (C=O) groups excluding carboxylic acids is 8. The van der Waals surface area contributed by atoms with Crippen LogP contribution in [0.5, 0.6) is 0 Å². The van der Waals surface area contributed by atoms with Gasteiger partial charge in [0.1, 0.15) is 30.1 Å². The van der Waals surface area contributed by atoms with Gasteiger partial charge in [-0.3, -0.25) is 33.6 Å². The second kappa shape index (κ2) is 25.7. The molecule has 1 aliphatic carbocycles. The average Bonchev–Trinajstić information content (AvgIpc) is 3.26. The summed E-state index contributed by atoms with van der Waals surface area (Å²) in [4.78, 5) is 106. The van der Waals surface area contributed by atoms with Gasteiger partial charge in [-0.25, -0.2) is 4.79 Å². The minimum absolute atomic E-state index is 0.0198. The van der Waals surface area contributed by atoms with E-state index in [1.165, 1.54) is 28.3 Å². The maximum atomic E-state index is 14.4. The van der Waals surface area contributed by atoms with Gasteiger partial charge in [-0.1, -0.05) is 45.4 Å². The highest BCUT2D eigenvalue weighted by Crippen LogP contribution is 2.34. The Morgan fingerprint density at radius 1 is 0.774 bits per heavy atom. The van der Waals surface area contributed by atoms with Crippen molar-refractivity contribution >= 4 is 48.6 Å². The van der Waals surface area contributed by atoms with Crippen molar-refractivity contribution in [2.75, 3.05) is 27.9 Å². The lowest BCUT2D eigenvalue weighted by Gasteiger charge is -2.37. The molecule has 1 saturated heterocycles. The van der Waals surface area contributed by atoms with E-state index in [0.717, 1.165) is 10.5 Å². The van der Waals surface area contributed by atoms with Gasteiger partial charge in [0.05, 0.1) is 18.3 Å². The lowest BCUT2D eigenvalue weighted by atomic mass is 9.81. The molecule has 0 bridgehead atoms. The zero-order valence-electron chi connectivity index (χ0n) is 37.9. The molecule has 2 heterocycles. The van der Waals surface area contributed by atoms with Crippen LogP contribution in [0.1, 0.15) is 112 Å². The molecule has 0 radical (unpaired) electrons. The van der Waals surface area contributed by atoms with E-state index < -0.39 is 83.9 Å². The first-order valence-corrected chi connectivity index (χ1v) is 21.9. The number of esters is 1. The number of methoxy groups -OCH3 is 3. The molecule has 0 aromatic carbocycles. The third-order valence-corrected chi connectivity index (χ3v) is 12.9. The number of hydrogen-bond donors (Lipinski definition) is 0. The molecule has 1 amide bonds. The summed E-state index contributed by atoms with van der Waals surface area (Å²) in [5.41, 5.74) is 1.53. The molecule has 3 rings (SSSR count). The molecule has 0 N–H and O–H groups in total. The van der Waals surface area contributed by atoms with Crippen LogP contribution in [0.4, 0.5) is 0 Å². The van der Waals surface area contributed by atoms with Crippen LogP contribution < -0.4 is 0 Å². The molecular weight excluding hydrogens is 806 g/mol. The Morgan fingerprint density at radius 2 is 1.40 bits per heavy atom. The number of amides is 1. The van der Waals surface area contributed by atoms with Crippen molar-refractivity contribution in [2.45, 2.75) is 161 Å². The smallest absolute Gasteiger partial charge is 0.329 e. The van der Waals surface area contributed by atoms with Crippen molar-refractivity contribution in [1.82, 2.24) is 4.90 Å². The van der Waals surface area contributed by atoms with Crippen molar-refractivity contribution < 1.29 is 71.5 Å². The van der Waals surface area contributed by atoms with Crippen molar-refractivity contribution in [1.29, 1.82) is 0 Å². The number of rotatable bonds is 12. The van der Waals surface area contributed by atoms with Crippen molar-refractivity contribution in [3.63, 3.8) is 0 Å². The monoisotopic (exact) mass is 875 g/mol. The van der Waals surface area contributed by atoms with Gasteiger partial charge in [0.25, 0.3) is 31.1 Å². The third-order valence-electron chi connectivity index (χ3n) is 12.9. The predicted octanol–water partition coefficient (Wildman–Crippen LogP) is 4.86. The molecule has 2 fully saturated rings. The first-order chi connectivity index (χ1) is 29.6. The second-order valence-corrected chi connectivity index (χ2v) is 17.3. The normalized spacial score (nSPS) is 35.4. The van der Waals surface area contributed by atoms with Gasteiger partial charge >= 0.3 is 5.97 Å². The van der Waals surface area contributed by atoms with Gasteiger partial charge in [-0.2, -0.15) is 0 Å². The van der Waals surface area contributed by atoms with E-state index >= 15 is 0 Å². The summed E-state index contributed by atoms with van der Waals surface area (Å²) in [6.07, 6.45) is 2.39. The Balaban J connectivity index is 2.13. The van der Waals surface area contributed by atoms with Crippen LogP contribution in [0.3, 0.4) is 0 Å². The number of ketones is 3. The standard InChI is InChI=1S/C46H69NO15/c1-10-33-18-27(2)17-28(3)19-39(57-8)44(61-26-50)40(58-9)21-29(4)41(52)42(53)45(54)47-16-12-11-13-34(47)46(55)62-43(31(6)37(60-25-49)23-35(33)51)30(5)20-32-14-15-36(59-24-48)38(22-32)56-7/h18,20,24-26,28-29,31-34,36-40,43-44H,10-17,19,21-23H2,1-9H3/b27-18+,30-20+/t28-,29+,31+,32?,33+,34-,36+,37?,38+,39-,40-,43+,44?/m0/s1. The molecule has 62 heavy (non-hydrogen) atoms. The molecule has 348 valence electrons. The SMILES string of the molecule is CC[C@@H]1/C=C(\C)C[C@H](C)C[C@H](OC)C(OC=O)[C@@H](OC)C[C@@H](C)C(=O)C(=O)C(=O)N2CCCC[C@H]2C(=O)O[C@H](/C(C)=C/C2CC[C@@H](OC=O)[C@H](OC)C2)[C@H](C)C(OC=O)CC1=O. The van der Waals surface area contributed by atoms with Gasteiger partial charge in [0, 0.05) is 52.0 Å². The molecule has 0 spiro atoms. The number of ether oxygens (including phenoxy) is 7. The summed E-state index contributed by atoms with van der Waals surface area (Å²) < 4.78 is 39.8. The first-order valence-electron chi connectivity index (χ1n) is 21.9. The number of allylic oxidation sites excluding steroid dienone is 3. The molecule has 3 unspecified atom stereocenters. The summed E-state index contributed by atoms with van der Waals surface area (Å²) in [5.74, 6) is -6.89. The maximum absolute atomic E-state index is 14.4. The highest BCUT2D eigenvalue weighted by atomic mass is 16.6. The van der Waals surface area contributed by atoms with Crippen molar-refractivity contribution in [3.8, 4) is 0 Å². The number of fused-ring (bicyclic) bond motifs is 1. The van der Waals surface area contributed by atoms with Crippen LogP contribution in [0.15, 0.2) is 23.3 Å². The Bertz CT molecular complexity index is 1610. The quantitative estimate of drug-likeness (QED) is 0.0845. The highest BCUT2D eigenvalue weighted by Gasteiger charge is 2.43. The molecule has 1 saturated carbocycles. The largest absolute Gasteiger partial charge is 0.464 e. The summed E-state index contributed by atoms with van der Waals surface area (Å²) in [5, 5.41) is 0. The lowest BCUT2D eigenvalue weighted by Crippen LogP contribution is -2.53. The molecule has 3 aliphatic rings. The summed E-state index contributed by atoms with van der Waals surface area (Å²) >= 11 is 0. The summed E-state index contributed by atoms with van der Waals surface area (Å²) in [6, 6.07) is -1.22. The van der Waals surface area contributed by atoms with E-state index in [9.17, 15) is 38.4 Å². The maximum Gasteiger partial charge on any atom is 0.329 e. The van der Waals surface area contributed by atoms with Crippen molar-refractivity contribution in [3.05, 3.63) is 23.3 Å². The minimum atomic E-state index is -1.30. The fraction of sp³-hybridized carbons (Fsp3) is 0.739. The third kappa shape index (κ3) is 14.1. The van der Waals surface area contributed by atoms with Gasteiger partial charge in [-0.15, -0.1) is 0 Å². The summed E-state index contributed by atoms with van der Waals surface area (Å²) in [7, 11) is 4.40. The highest BCUT2D eigenvalue weighted by molar-refractivity contribution is 6.63. The van der Waals surface area contributed by atoms with E-state index in [4.69, 9.17) is 33.2 Å². The van der Waals surface area contributed by atoms with Crippen LogP contribution >= 0.6 is 0 Å². The van der Waals surface area contributed by atoms with Crippen LogP contribution in [0.2, 0.25) is 0 Å². The predicted molar refractivity (Wildman–Crippen MR) is 224 cm³/mol.